The average Bonchev–Trinajstić information content (AvgIpc) is 2.93. The van der Waals surface area contributed by atoms with Crippen molar-refractivity contribution in [1.82, 2.24) is 4.90 Å². The predicted octanol–water partition coefficient (Wildman–Crippen LogP) is 1.80. The van der Waals surface area contributed by atoms with Gasteiger partial charge in [0, 0.05) is 18.0 Å². The van der Waals surface area contributed by atoms with Gasteiger partial charge in [-0.15, -0.1) is 11.6 Å². The summed E-state index contributed by atoms with van der Waals surface area (Å²) in [6, 6.07) is 5.75. The van der Waals surface area contributed by atoms with Gasteiger partial charge in [0.25, 0.3) is 5.91 Å². The van der Waals surface area contributed by atoms with Crippen molar-refractivity contribution in [2.45, 2.75) is 19.3 Å². The van der Waals surface area contributed by atoms with Crippen LogP contribution in [0.2, 0.25) is 0 Å². The molecule has 3 rings (SSSR count). The molecule has 2 heterocycles. The molecule has 5 heteroatoms. The van der Waals surface area contributed by atoms with Gasteiger partial charge in [-0.3, -0.25) is 4.79 Å². The first-order chi connectivity index (χ1) is 9.29. The van der Waals surface area contributed by atoms with E-state index < -0.39 is 0 Å². The van der Waals surface area contributed by atoms with E-state index in [0.717, 1.165) is 5.56 Å². The molecule has 2 aliphatic rings. The van der Waals surface area contributed by atoms with Crippen molar-refractivity contribution in [3.63, 3.8) is 0 Å². The number of hydrogen-bond donors (Lipinski definition) is 0. The van der Waals surface area contributed by atoms with Crippen LogP contribution >= 0.6 is 11.6 Å². The van der Waals surface area contributed by atoms with E-state index in [1.807, 2.05) is 23.1 Å². The van der Waals surface area contributed by atoms with E-state index in [9.17, 15) is 4.79 Å². The molecule has 19 heavy (non-hydrogen) atoms. The molecule has 0 N–H and O–H groups in total. The van der Waals surface area contributed by atoms with Crippen molar-refractivity contribution in [2.24, 2.45) is 0 Å². The van der Waals surface area contributed by atoms with Crippen molar-refractivity contribution >= 4 is 17.5 Å². The molecule has 1 aromatic carbocycles. The Labute approximate surface area is 117 Å². The van der Waals surface area contributed by atoms with Crippen LogP contribution in [0.15, 0.2) is 18.2 Å². The number of nitrogens with zero attached hydrogens (tertiary/aromatic N) is 1. The van der Waals surface area contributed by atoms with Crippen molar-refractivity contribution in [1.29, 1.82) is 0 Å². The first-order valence-corrected chi connectivity index (χ1v) is 6.97. The Morgan fingerprint density at radius 2 is 2.16 bits per heavy atom. The van der Waals surface area contributed by atoms with Crippen LogP contribution in [0.1, 0.15) is 21.5 Å². The quantitative estimate of drug-likeness (QED) is 0.776. The van der Waals surface area contributed by atoms with Crippen LogP contribution in [-0.2, 0) is 22.7 Å². The molecule has 0 aliphatic carbocycles. The van der Waals surface area contributed by atoms with Crippen LogP contribution in [0.25, 0.3) is 0 Å². The fourth-order valence-corrected chi connectivity index (χ4v) is 2.78. The Kier molecular flexibility index (Phi) is 3.73. The molecule has 0 saturated carbocycles. The number of amides is 1. The van der Waals surface area contributed by atoms with Gasteiger partial charge in [0.1, 0.15) is 0 Å². The lowest BCUT2D eigenvalue weighted by molar-refractivity contribution is 0.00455. The van der Waals surface area contributed by atoms with Gasteiger partial charge in [0.15, 0.2) is 0 Å². The fraction of sp³-hybridized carbons (Fsp3) is 0.500. The largest absolute Gasteiger partial charge is 0.377 e. The van der Waals surface area contributed by atoms with E-state index in [0.29, 0.717) is 44.4 Å². The van der Waals surface area contributed by atoms with Crippen LogP contribution in [0, 0.1) is 0 Å². The van der Waals surface area contributed by atoms with Gasteiger partial charge in [-0.2, -0.15) is 0 Å². The lowest BCUT2D eigenvalue weighted by Crippen LogP contribution is -2.49. The van der Waals surface area contributed by atoms with Crippen LogP contribution in [0.5, 0.6) is 0 Å². The summed E-state index contributed by atoms with van der Waals surface area (Å²) < 4.78 is 10.7. The second-order valence-electron chi connectivity index (χ2n) is 4.86. The third kappa shape index (κ3) is 2.48. The smallest absolute Gasteiger partial charge is 0.254 e. The zero-order chi connectivity index (χ0) is 13.2. The molecule has 4 nitrogen and oxygen atoms in total. The Morgan fingerprint density at radius 1 is 1.32 bits per heavy atom. The minimum atomic E-state index is -0.0348. The van der Waals surface area contributed by atoms with Gasteiger partial charge in [0.05, 0.1) is 32.5 Å². The number of halogens is 1. The molecule has 1 saturated heterocycles. The molecule has 0 radical (unpaired) electrons. The van der Waals surface area contributed by atoms with Crippen LogP contribution in [-0.4, -0.2) is 42.5 Å². The normalized spacial score (nSPS) is 22.4. The summed E-state index contributed by atoms with van der Waals surface area (Å²) in [5.41, 5.74) is 3.00. The first-order valence-electron chi connectivity index (χ1n) is 6.44. The topological polar surface area (TPSA) is 38.8 Å². The van der Waals surface area contributed by atoms with Crippen molar-refractivity contribution in [3.05, 3.63) is 34.9 Å². The zero-order valence-electron chi connectivity index (χ0n) is 10.6. The lowest BCUT2D eigenvalue weighted by Gasteiger charge is -2.34. The van der Waals surface area contributed by atoms with Gasteiger partial charge in [0.2, 0.25) is 0 Å². The molecule has 102 valence electrons. The molecular weight excluding hydrogens is 266 g/mol. The van der Waals surface area contributed by atoms with Crippen LogP contribution in [0.3, 0.4) is 0 Å². The monoisotopic (exact) mass is 281 g/mol. The zero-order valence-corrected chi connectivity index (χ0v) is 11.4. The number of ether oxygens (including phenoxy) is 2. The van der Waals surface area contributed by atoms with E-state index in [4.69, 9.17) is 21.1 Å². The van der Waals surface area contributed by atoms with Gasteiger partial charge in [-0.25, -0.2) is 0 Å². The van der Waals surface area contributed by atoms with Crippen molar-refractivity contribution < 1.29 is 14.3 Å². The molecule has 1 unspecified atom stereocenters. The van der Waals surface area contributed by atoms with E-state index in [1.54, 1.807) is 0 Å². The molecule has 1 atom stereocenters. The van der Waals surface area contributed by atoms with Gasteiger partial charge < -0.3 is 14.4 Å². The summed E-state index contributed by atoms with van der Waals surface area (Å²) >= 11 is 5.91. The van der Waals surface area contributed by atoms with E-state index in [2.05, 4.69) is 0 Å². The minimum Gasteiger partial charge on any atom is -0.377 e. The van der Waals surface area contributed by atoms with Crippen LogP contribution < -0.4 is 0 Å². The van der Waals surface area contributed by atoms with Crippen molar-refractivity contribution in [3.8, 4) is 0 Å². The molecule has 1 aromatic rings. The maximum atomic E-state index is 12.5. The molecule has 1 fully saturated rings. The number of hydrogen-bond acceptors (Lipinski definition) is 3. The van der Waals surface area contributed by atoms with E-state index in [-0.39, 0.29) is 11.9 Å². The maximum absolute atomic E-state index is 12.5. The Balaban J connectivity index is 1.82. The minimum absolute atomic E-state index is 0.0312. The molecule has 0 spiro atoms. The number of fused-ring (bicyclic) bond motifs is 1. The predicted molar refractivity (Wildman–Crippen MR) is 71.3 cm³/mol. The standard InChI is InChI=1S/C14H16ClNO3/c15-6-13-9-18-4-3-16(13)14(17)10-1-2-11-7-19-8-12(11)5-10/h1-2,5,13H,3-4,6-9H2. The van der Waals surface area contributed by atoms with Gasteiger partial charge in [-0.05, 0) is 23.3 Å². The number of morpholine rings is 1. The first kappa shape index (κ1) is 12.9. The summed E-state index contributed by atoms with van der Waals surface area (Å²) in [5.74, 6) is 0.434. The van der Waals surface area contributed by atoms with E-state index >= 15 is 0 Å². The van der Waals surface area contributed by atoms with Gasteiger partial charge >= 0.3 is 0 Å². The maximum Gasteiger partial charge on any atom is 0.254 e. The fourth-order valence-electron chi connectivity index (χ4n) is 2.52. The second-order valence-corrected chi connectivity index (χ2v) is 5.17. The lowest BCUT2D eigenvalue weighted by atomic mass is 10.0. The number of benzene rings is 1. The third-order valence-electron chi connectivity index (χ3n) is 3.63. The molecule has 1 amide bonds. The molecule has 2 aliphatic heterocycles. The number of alkyl halides is 1. The summed E-state index contributed by atoms with van der Waals surface area (Å²) in [6.45, 7) is 2.93. The highest BCUT2D eigenvalue weighted by Gasteiger charge is 2.28. The number of carbonyl (C=O) groups is 1. The SMILES string of the molecule is O=C(c1ccc2c(c1)COC2)N1CCOCC1CCl. The molecule has 0 aromatic heterocycles. The Bertz CT molecular complexity index is 492. The molecular formula is C14H16ClNO3. The van der Waals surface area contributed by atoms with Crippen molar-refractivity contribution in [2.75, 3.05) is 25.6 Å². The third-order valence-corrected chi connectivity index (χ3v) is 3.99. The Morgan fingerprint density at radius 3 is 3.00 bits per heavy atom. The average molecular weight is 282 g/mol. The van der Waals surface area contributed by atoms with Crippen LogP contribution in [0.4, 0.5) is 0 Å². The highest BCUT2D eigenvalue weighted by molar-refractivity contribution is 6.18. The highest BCUT2D eigenvalue weighted by atomic mass is 35.5. The Hall–Kier alpha value is -1.10. The van der Waals surface area contributed by atoms with E-state index in [1.165, 1.54) is 5.56 Å². The highest BCUT2D eigenvalue weighted by Crippen LogP contribution is 2.22. The second kappa shape index (κ2) is 5.49. The number of carbonyl (C=O) groups excluding carboxylic acids is 1. The summed E-state index contributed by atoms with van der Waals surface area (Å²) in [7, 11) is 0. The molecule has 0 bridgehead atoms. The summed E-state index contributed by atoms with van der Waals surface area (Å²) in [6.07, 6.45) is 0. The summed E-state index contributed by atoms with van der Waals surface area (Å²) in [4.78, 5) is 14.4. The van der Waals surface area contributed by atoms with Gasteiger partial charge in [-0.1, -0.05) is 6.07 Å². The summed E-state index contributed by atoms with van der Waals surface area (Å²) in [5, 5.41) is 0. The number of rotatable bonds is 2.